The number of pyridine rings is 1. The van der Waals surface area contributed by atoms with Crippen molar-refractivity contribution in [2.24, 2.45) is 7.05 Å². The molecule has 2 aromatic rings. The summed E-state index contributed by atoms with van der Waals surface area (Å²) < 4.78 is 8.01. The van der Waals surface area contributed by atoms with Crippen LogP contribution in [0.2, 0.25) is 0 Å². The van der Waals surface area contributed by atoms with Crippen LogP contribution in [0.5, 0.6) is 11.5 Å². The topological polar surface area (TPSA) is 52.0 Å². The van der Waals surface area contributed by atoms with E-state index in [0.29, 0.717) is 6.04 Å². The predicted molar refractivity (Wildman–Crippen MR) is 81.6 cm³/mol. The number of nitrogens with one attached hydrogen (secondary N) is 1. The van der Waals surface area contributed by atoms with Gasteiger partial charge in [-0.25, -0.2) is 0 Å². The average Bonchev–Trinajstić information content (AvgIpc) is 3.23. The molecule has 0 atom stereocenters. The molecule has 3 rings (SSSR count). The van der Waals surface area contributed by atoms with Gasteiger partial charge in [0, 0.05) is 43.2 Å². The van der Waals surface area contributed by atoms with Crippen molar-refractivity contribution >= 4 is 0 Å². The molecule has 5 heteroatoms. The molecule has 0 unspecified atom stereocenters. The van der Waals surface area contributed by atoms with E-state index >= 15 is 0 Å². The molecule has 112 valence electrons. The van der Waals surface area contributed by atoms with Crippen molar-refractivity contribution in [1.29, 1.82) is 0 Å². The lowest BCUT2D eigenvalue weighted by Crippen LogP contribution is -2.16. The Balaban J connectivity index is 1.86. The van der Waals surface area contributed by atoms with Crippen molar-refractivity contribution in [3.8, 4) is 11.5 Å². The predicted octanol–water partition coefficient (Wildman–Crippen LogP) is 2.78. The number of hydrogen-bond acceptors (Lipinski definition) is 4. The van der Waals surface area contributed by atoms with E-state index in [1.54, 1.807) is 0 Å². The molecular weight excluding hydrogens is 264 g/mol. The van der Waals surface area contributed by atoms with Gasteiger partial charge in [0.25, 0.3) is 0 Å². The molecule has 0 aliphatic heterocycles. The Kier molecular flexibility index (Phi) is 3.68. The molecule has 0 bridgehead atoms. The summed E-state index contributed by atoms with van der Waals surface area (Å²) in [4.78, 5) is 4.39. The highest BCUT2D eigenvalue weighted by molar-refractivity contribution is 5.41. The van der Waals surface area contributed by atoms with Crippen molar-refractivity contribution in [3.05, 3.63) is 34.9 Å². The fraction of sp³-hybridized carbons (Fsp3) is 0.500. The van der Waals surface area contributed by atoms with Gasteiger partial charge < -0.3 is 10.1 Å². The molecule has 1 fully saturated rings. The third-order valence-electron chi connectivity index (χ3n) is 3.89. The van der Waals surface area contributed by atoms with Gasteiger partial charge in [-0.2, -0.15) is 5.10 Å². The van der Waals surface area contributed by atoms with Gasteiger partial charge in [0.15, 0.2) is 5.75 Å². The molecule has 0 spiro atoms. The number of aromatic nitrogens is 3. The SMILES string of the molecule is Cc1cc(Oc2c(C)nn(C)c2C)c(CNC2CC2)cn1. The van der Waals surface area contributed by atoms with Crippen molar-refractivity contribution in [2.75, 3.05) is 0 Å². The second-order valence-electron chi connectivity index (χ2n) is 5.81. The number of hydrogen-bond donors (Lipinski definition) is 1. The highest BCUT2D eigenvalue weighted by Gasteiger charge is 2.21. The lowest BCUT2D eigenvalue weighted by Gasteiger charge is -2.12. The molecule has 1 aliphatic carbocycles. The van der Waals surface area contributed by atoms with Crippen LogP contribution in [0, 0.1) is 20.8 Å². The molecular formula is C16H22N4O. The largest absolute Gasteiger partial charge is 0.453 e. The minimum atomic E-state index is 0.668. The molecule has 21 heavy (non-hydrogen) atoms. The summed E-state index contributed by atoms with van der Waals surface area (Å²) in [6, 6.07) is 2.66. The summed E-state index contributed by atoms with van der Waals surface area (Å²) in [7, 11) is 1.93. The maximum absolute atomic E-state index is 6.16. The zero-order chi connectivity index (χ0) is 15.0. The number of nitrogens with zero attached hydrogens (tertiary/aromatic N) is 3. The van der Waals surface area contributed by atoms with Gasteiger partial charge in [0.2, 0.25) is 0 Å². The Hall–Kier alpha value is -1.88. The first-order chi connectivity index (χ1) is 10.0. The monoisotopic (exact) mass is 286 g/mol. The molecule has 0 saturated heterocycles. The molecule has 1 N–H and O–H groups in total. The first-order valence-electron chi connectivity index (χ1n) is 7.41. The summed E-state index contributed by atoms with van der Waals surface area (Å²) in [5, 5.41) is 7.92. The molecule has 2 heterocycles. The Bertz CT molecular complexity index is 659. The average molecular weight is 286 g/mol. The first kappa shape index (κ1) is 14.1. The second-order valence-corrected chi connectivity index (χ2v) is 5.81. The van der Waals surface area contributed by atoms with Crippen molar-refractivity contribution in [1.82, 2.24) is 20.1 Å². The summed E-state index contributed by atoms with van der Waals surface area (Å²) in [5.74, 6) is 1.71. The van der Waals surface area contributed by atoms with Crippen LogP contribution in [0.15, 0.2) is 12.3 Å². The van der Waals surface area contributed by atoms with Gasteiger partial charge in [-0.1, -0.05) is 0 Å². The summed E-state index contributed by atoms with van der Waals surface area (Å²) >= 11 is 0. The molecule has 1 saturated carbocycles. The van der Waals surface area contributed by atoms with Crippen molar-refractivity contribution in [2.45, 2.75) is 46.2 Å². The molecule has 2 aromatic heterocycles. The number of aryl methyl sites for hydroxylation is 3. The Morgan fingerprint density at radius 1 is 1.33 bits per heavy atom. The van der Waals surface area contributed by atoms with Crippen molar-refractivity contribution in [3.63, 3.8) is 0 Å². The van der Waals surface area contributed by atoms with Gasteiger partial charge in [-0.15, -0.1) is 0 Å². The van der Waals surface area contributed by atoms with Crippen LogP contribution in [-0.4, -0.2) is 20.8 Å². The van der Waals surface area contributed by atoms with Crippen LogP contribution in [0.3, 0.4) is 0 Å². The highest BCUT2D eigenvalue weighted by Crippen LogP contribution is 2.31. The van der Waals surface area contributed by atoms with Gasteiger partial charge in [0.1, 0.15) is 11.4 Å². The number of ether oxygens (including phenoxy) is 1. The minimum Gasteiger partial charge on any atom is -0.453 e. The summed E-state index contributed by atoms with van der Waals surface area (Å²) in [6.45, 7) is 6.77. The third kappa shape index (κ3) is 3.08. The first-order valence-corrected chi connectivity index (χ1v) is 7.41. The van der Waals surface area contributed by atoms with Crippen LogP contribution in [-0.2, 0) is 13.6 Å². The van der Waals surface area contributed by atoms with Crippen molar-refractivity contribution < 1.29 is 4.74 Å². The lowest BCUT2D eigenvalue weighted by atomic mass is 10.2. The quantitative estimate of drug-likeness (QED) is 0.918. The molecule has 0 radical (unpaired) electrons. The molecule has 5 nitrogen and oxygen atoms in total. The number of rotatable bonds is 5. The fourth-order valence-corrected chi connectivity index (χ4v) is 2.34. The van der Waals surface area contributed by atoms with Crippen LogP contribution in [0.25, 0.3) is 0 Å². The fourth-order valence-electron chi connectivity index (χ4n) is 2.34. The second kappa shape index (κ2) is 5.48. The molecule has 0 amide bonds. The zero-order valence-corrected chi connectivity index (χ0v) is 13.1. The van der Waals surface area contributed by atoms with Gasteiger partial charge >= 0.3 is 0 Å². The smallest absolute Gasteiger partial charge is 0.171 e. The van der Waals surface area contributed by atoms with E-state index < -0.39 is 0 Å². The van der Waals surface area contributed by atoms with E-state index in [1.165, 1.54) is 12.8 Å². The molecule has 1 aliphatic rings. The van der Waals surface area contributed by atoms with Crippen LogP contribution < -0.4 is 10.1 Å². The normalized spacial score (nSPS) is 14.5. The maximum atomic E-state index is 6.16. The maximum Gasteiger partial charge on any atom is 0.171 e. The summed E-state index contributed by atoms with van der Waals surface area (Å²) in [6.07, 6.45) is 4.45. The zero-order valence-electron chi connectivity index (χ0n) is 13.1. The van der Waals surface area contributed by atoms with Gasteiger partial charge in [-0.3, -0.25) is 9.67 Å². The standard InChI is InChI=1S/C16H22N4O/c1-10-7-15(13(8-17-10)9-18-14-5-6-14)21-16-11(2)19-20(4)12(16)3/h7-8,14,18H,5-6,9H2,1-4H3. The van der Waals surface area contributed by atoms with Gasteiger partial charge in [0.05, 0.1) is 5.69 Å². The molecule has 0 aromatic carbocycles. The van der Waals surface area contributed by atoms with E-state index in [9.17, 15) is 0 Å². The van der Waals surface area contributed by atoms with Crippen LogP contribution in [0.4, 0.5) is 0 Å². The van der Waals surface area contributed by atoms with E-state index in [0.717, 1.165) is 40.7 Å². The van der Waals surface area contributed by atoms with Crippen LogP contribution >= 0.6 is 0 Å². The Morgan fingerprint density at radius 3 is 2.71 bits per heavy atom. The third-order valence-corrected chi connectivity index (χ3v) is 3.89. The summed E-state index contributed by atoms with van der Waals surface area (Å²) in [5.41, 5.74) is 3.99. The van der Waals surface area contributed by atoms with E-state index in [2.05, 4.69) is 15.4 Å². The minimum absolute atomic E-state index is 0.668. The van der Waals surface area contributed by atoms with E-state index in [4.69, 9.17) is 4.74 Å². The highest BCUT2D eigenvalue weighted by atomic mass is 16.5. The van der Waals surface area contributed by atoms with E-state index in [-0.39, 0.29) is 0 Å². The van der Waals surface area contributed by atoms with E-state index in [1.807, 2.05) is 44.8 Å². The Labute approximate surface area is 125 Å². The Morgan fingerprint density at radius 2 is 2.10 bits per heavy atom. The van der Waals surface area contributed by atoms with Gasteiger partial charge in [-0.05, 0) is 33.6 Å². The van der Waals surface area contributed by atoms with Crippen LogP contribution in [0.1, 0.15) is 35.5 Å². The lowest BCUT2D eigenvalue weighted by molar-refractivity contribution is 0.463.